The van der Waals surface area contributed by atoms with Gasteiger partial charge in [-0.25, -0.2) is 9.18 Å². The Morgan fingerprint density at radius 2 is 1.64 bits per heavy atom. The predicted molar refractivity (Wildman–Crippen MR) is 106 cm³/mol. The molecule has 1 aromatic heterocycles. The number of rotatable bonds is 5. The lowest BCUT2D eigenvalue weighted by atomic mass is 10.1. The number of halogens is 1. The molecule has 138 valence electrons. The standard InChI is InChI=1S/C21H14FN3O2S/c22-16-10-12-18(13-11-16)25-19(14-6-8-15(9-7-14)20(26)27)28-21(24-25)23-17-4-2-1-3-5-17/h1-13H,(H-,23,24,26,27)/p+1. The molecule has 0 bridgehead atoms. The summed E-state index contributed by atoms with van der Waals surface area (Å²) >= 11 is 1.42. The lowest BCUT2D eigenvalue weighted by Crippen LogP contribution is -2.34. The smallest absolute Gasteiger partial charge is 0.335 e. The van der Waals surface area contributed by atoms with Crippen LogP contribution in [0.1, 0.15) is 10.4 Å². The van der Waals surface area contributed by atoms with E-state index in [9.17, 15) is 9.18 Å². The zero-order chi connectivity index (χ0) is 19.5. The van der Waals surface area contributed by atoms with Crippen LogP contribution in [0.15, 0.2) is 78.9 Å². The van der Waals surface area contributed by atoms with Crippen LogP contribution in [0.25, 0.3) is 16.3 Å². The Balaban J connectivity index is 1.78. The van der Waals surface area contributed by atoms with Gasteiger partial charge >= 0.3 is 11.0 Å². The van der Waals surface area contributed by atoms with Gasteiger partial charge in [0, 0.05) is 22.9 Å². The van der Waals surface area contributed by atoms with Gasteiger partial charge in [0.05, 0.1) is 11.1 Å². The van der Waals surface area contributed by atoms with Crippen molar-refractivity contribution in [2.75, 3.05) is 5.32 Å². The molecule has 0 unspecified atom stereocenters. The van der Waals surface area contributed by atoms with Gasteiger partial charge in [0.2, 0.25) is 5.69 Å². The molecule has 7 heteroatoms. The second-order valence-electron chi connectivity index (χ2n) is 5.97. The number of carboxylic acids is 1. The van der Waals surface area contributed by atoms with Crippen molar-refractivity contribution < 1.29 is 19.0 Å². The third kappa shape index (κ3) is 3.74. The molecule has 0 saturated carbocycles. The predicted octanol–water partition coefficient (Wildman–Crippen LogP) is 4.67. The zero-order valence-corrected chi connectivity index (χ0v) is 15.4. The minimum Gasteiger partial charge on any atom is -0.478 e. The fourth-order valence-electron chi connectivity index (χ4n) is 2.68. The molecule has 5 nitrogen and oxygen atoms in total. The second kappa shape index (κ2) is 7.58. The van der Waals surface area contributed by atoms with Crippen molar-refractivity contribution in [3.05, 3.63) is 90.2 Å². The maximum absolute atomic E-state index is 13.3. The summed E-state index contributed by atoms with van der Waals surface area (Å²) in [7, 11) is 0. The first-order valence-corrected chi connectivity index (χ1v) is 9.27. The molecule has 0 aliphatic heterocycles. The van der Waals surface area contributed by atoms with E-state index in [0.717, 1.165) is 16.3 Å². The van der Waals surface area contributed by atoms with Crippen LogP contribution in [0.3, 0.4) is 0 Å². The Labute approximate surface area is 164 Å². The number of hydrogen-bond acceptors (Lipinski definition) is 4. The number of nitrogens with zero attached hydrogens (tertiary/aromatic N) is 2. The van der Waals surface area contributed by atoms with Crippen LogP contribution in [0.4, 0.5) is 15.2 Å². The average molecular weight is 392 g/mol. The normalized spacial score (nSPS) is 10.6. The minimum absolute atomic E-state index is 0.212. The summed E-state index contributed by atoms with van der Waals surface area (Å²) in [4.78, 5) is 11.1. The van der Waals surface area contributed by atoms with E-state index in [4.69, 9.17) is 5.11 Å². The van der Waals surface area contributed by atoms with Crippen LogP contribution in [-0.2, 0) is 0 Å². The van der Waals surface area contributed by atoms with Gasteiger partial charge in [-0.05, 0) is 64.5 Å². The van der Waals surface area contributed by atoms with Crippen LogP contribution in [0.2, 0.25) is 0 Å². The van der Waals surface area contributed by atoms with Crippen molar-refractivity contribution in [3.63, 3.8) is 0 Å². The van der Waals surface area contributed by atoms with E-state index in [1.807, 2.05) is 30.3 Å². The second-order valence-corrected chi connectivity index (χ2v) is 6.95. The van der Waals surface area contributed by atoms with Crippen molar-refractivity contribution in [2.45, 2.75) is 0 Å². The molecule has 0 fully saturated rings. The van der Waals surface area contributed by atoms with E-state index in [-0.39, 0.29) is 11.4 Å². The summed E-state index contributed by atoms with van der Waals surface area (Å²) in [5.74, 6) is -1.30. The van der Waals surface area contributed by atoms with Gasteiger partial charge in [-0.1, -0.05) is 18.2 Å². The van der Waals surface area contributed by atoms with Crippen molar-refractivity contribution in [1.82, 2.24) is 5.10 Å². The molecule has 0 saturated heterocycles. The number of carbonyl (C=O) groups is 1. The lowest BCUT2D eigenvalue weighted by Gasteiger charge is -1.97. The fraction of sp³-hybridized carbons (Fsp3) is 0. The third-order valence-corrected chi connectivity index (χ3v) is 5.03. The maximum Gasteiger partial charge on any atom is 0.335 e. The average Bonchev–Trinajstić information content (AvgIpc) is 3.13. The molecule has 0 spiro atoms. The van der Waals surface area contributed by atoms with E-state index >= 15 is 0 Å². The van der Waals surface area contributed by atoms with Crippen molar-refractivity contribution in [2.24, 2.45) is 0 Å². The Morgan fingerprint density at radius 1 is 0.964 bits per heavy atom. The molecule has 2 N–H and O–H groups in total. The molecule has 1 heterocycles. The number of anilines is 2. The van der Waals surface area contributed by atoms with Gasteiger partial charge in [0.1, 0.15) is 5.82 Å². The van der Waals surface area contributed by atoms with E-state index < -0.39 is 5.97 Å². The summed E-state index contributed by atoms with van der Waals surface area (Å²) in [5.41, 5.74) is 2.63. The molecule has 4 rings (SSSR count). The molecule has 0 amide bonds. The van der Waals surface area contributed by atoms with Gasteiger partial charge in [-0.3, -0.25) is 0 Å². The van der Waals surface area contributed by atoms with E-state index in [0.29, 0.717) is 10.8 Å². The summed E-state index contributed by atoms with van der Waals surface area (Å²) in [6.45, 7) is 0. The number of aromatic nitrogens is 2. The van der Waals surface area contributed by atoms with Crippen LogP contribution in [0, 0.1) is 5.82 Å². The molecule has 3 aromatic carbocycles. The topological polar surface area (TPSA) is 66.1 Å². The molecule has 4 aromatic rings. The Hall–Kier alpha value is -3.58. The highest BCUT2D eigenvalue weighted by Crippen LogP contribution is 2.28. The largest absolute Gasteiger partial charge is 0.478 e. The van der Waals surface area contributed by atoms with Gasteiger partial charge in [-0.2, -0.15) is 0 Å². The summed E-state index contributed by atoms with van der Waals surface area (Å²) in [5, 5.41) is 18.5. The maximum atomic E-state index is 13.3. The number of aromatic carboxylic acids is 1. The lowest BCUT2D eigenvalue weighted by molar-refractivity contribution is -0.642. The Bertz CT molecular complexity index is 1110. The van der Waals surface area contributed by atoms with Crippen molar-refractivity contribution in [3.8, 4) is 16.3 Å². The van der Waals surface area contributed by atoms with Gasteiger partial charge < -0.3 is 10.4 Å². The van der Waals surface area contributed by atoms with Gasteiger partial charge in [0.15, 0.2) is 0 Å². The summed E-state index contributed by atoms with van der Waals surface area (Å²) < 4.78 is 15.1. The molecule has 28 heavy (non-hydrogen) atoms. The first-order valence-electron chi connectivity index (χ1n) is 8.45. The van der Waals surface area contributed by atoms with Gasteiger partial charge in [-0.15, -0.1) is 0 Å². The monoisotopic (exact) mass is 392 g/mol. The SMILES string of the molecule is O=C(O)c1ccc(-c2sc(Nc3ccccc3)n[n+]2-c2ccc(F)cc2)cc1. The minimum atomic E-state index is -0.978. The highest BCUT2D eigenvalue weighted by molar-refractivity contribution is 7.18. The summed E-state index contributed by atoms with van der Waals surface area (Å²) in [6, 6.07) is 22.3. The first-order chi connectivity index (χ1) is 13.6. The molecular formula is C21H15FN3O2S+. The quantitative estimate of drug-likeness (QED) is 0.485. The van der Waals surface area contributed by atoms with Crippen LogP contribution < -0.4 is 10.00 Å². The number of para-hydroxylation sites is 1. The Morgan fingerprint density at radius 3 is 2.29 bits per heavy atom. The van der Waals surface area contributed by atoms with E-state index in [2.05, 4.69) is 10.4 Å². The number of hydrogen-bond donors (Lipinski definition) is 2. The van der Waals surface area contributed by atoms with Crippen molar-refractivity contribution in [1.29, 1.82) is 0 Å². The summed E-state index contributed by atoms with van der Waals surface area (Å²) in [6.07, 6.45) is 0. The number of carboxylic acid groups (broad SMARTS) is 1. The van der Waals surface area contributed by atoms with Gasteiger partial charge in [0.25, 0.3) is 5.13 Å². The molecule has 0 aliphatic rings. The molecule has 0 aliphatic carbocycles. The number of benzene rings is 3. The fourth-order valence-corrected chi connectivity index (χ4v) is 3.64. The molecule has 0 atom stereocenters. The van der Waals surface area contributed by atoms with Crippen molar-refractivity contribution >= 4 is 28.1 Å². The highest BCUT2D eigenvalue weighted by Gasteiger charge is 2.24. The Kier molecular flexibility index (Phi) is 4.82. The van der Waals surface area contributed by atoms with Crippen LogP contribution >= 0.6 is 11.3 Å². The van der Waals surface area contributed by atoms with E-state index in [1.54, 1.807) is 41.1 Å². The third-order valence-electron chi connectivity index (χ3n) is 4.05. The zero-order valence-electron chi connectivity index (χ0n) is 14.5. The number of nitrogens with one attached hydrogen (secondary N) is 1. The molecular weight excluding hydrogens is 377 g/mol. The van der Waals surface area contributed by atoms with E-state index in [1.165, 1.54) is 23.5 Å². The van der Waals surface area contributed by atoms with Crippen LogP contribution in [-0.4, -0.2) is 16.2 Å². The highest BCUT2D eigenvalue weighted by atomic mass is 32.1. The first kappa shape index (κ1) is 17.8. The van der Waals surface area contributed by atoms with Crippen LogP contribution in [0.5, 0.6) is 0 Å². The molecule has 0 radical (unpaired) electrons.